The lowest BCUT2D eigenvalue weighted by molar-refractivity contribution is 0.306. The summed E-state index contributed by atoms with van der Waals surface area (Å²) < 4.78 is 27.7. The summed E-state index contributed by atoms with van der Waals surface area (Å²) in [6.45, 7) is 4.34. The molecule has 1 aliphatic rings. The third-order valence-electron chi connectivity index (χ3n) is 4.52. The number of hydrogen-bond acceptors (Lipinski definition) is 2. The molecule has 2 rings (SSSR count). The molecule has 0 aliphatic heterocycles. The summed E-state index contributed by atoms with van der Waals surface area (Å²) in [5.41, 5.74) is 1.19. The molecular formula is C17H27NO2S. The number of benzene rings is 1. The third kappa shape index (κ3) is 4.55. The smallest absolute Gasteiger partial charge is 0.208 e. The predicted octanol–water partition coefficient (Wildman–Crippen LogP) is 3.89. The lowest BCUT2D eigenvalue weighted by Gasteiger charge is -2.28. The summed E-state index contributed by atoms with van der Waals surface area (Å²) in [5, 5.41) is 0. The Balaban J connectivity index is 1.98. The van der Waals surface area contributed by atoms with E-state index in [0.717, 1.165) is 44.4 Å². The highest BCUT2D eigenvalue weighted by Crippen LogP contribution is 2.27. The number of rotatable bonds is 6. The van der Waals surface area contributed by atoms with Gasteiger partial charge in [0, 0.05) is 6.04 Å². The van der Waals surface area contributed by atoms with Gasteiger partial charge in [-0.05, 0) is 55.7 Å². The van der Waals surface area contributed by atoms with Gasteiger partial charge in [0.25, 0.3) is 0 Å². The Hall–Kier alpha value is -0.870. The molecule has 0 aromatic heterocycles. The van der Waals surface area contributed by atoms with Crippen LogP contribution in [-0.2, 0) is 16.4 Å². The van der Waals surface area contributed by atoms with Crippen molar-refractivity contribution in [2.45, 2.75) is 69.7 Å². The van der Waals surface area contributed by atoms with Crippen LogP contribution in [0.25, 0.3) is 0 Å². The van der Waals surface area contributed by atoms with Crippen LogP contribution in [0.1, 0.15) is 57.9 Å². The Morgan fingerprint density at radius 2 is 1.67 bits per heavy atom. The maximum Gasteiger partial charge on any atom is 0.240 e. The van der Waals surface area contributed by atoms with E-state index in [4.69, 9.17) is 0 Å². The van der Waals surface area contributed by atoms with Gasteiger partial charge in [-0.1, -0.05) is 38.8 Å². The first kappa shape index (κ1) is 16.5. The fraction of sp³-hybridized carbons (Fsp3) is 0.647. The van der Waals surface area contributed by atoms with E-state index in [1.807, 2.05) is 12.1 Å². The molecule has 0 atom stereocenters. The Morgan fingerprint density at radius 1 is 1.05 bits per heavy atom. The Labute approximate surface area is 129 Å². The second kappa shape index (κ2) is 7.41. The van der Waals surface area contributed by atoms with Crippen LogP contribution in [-0.4, -0.2) is 14.5 Å². The van der Waals surface area contributed by atoms with Crippen molar-refractivity contribution >= 4 is 10.0 Å². The van der Waals surface area contributed by atoms with Gasteiger partial charge in [0.05, 0.1) is 4.90 Å². The second-order valence-electron chi connectivity index (χ2n) is 6.14. The Kier molecular flexibility index (Phi) is 5.82. The minimum absolute atomic E-state index is 0.105. The Bertz CT molecular complexity index is 528. The highest BCUT2D eigenvalue weighted by Gasteiger charge is 2.24. The molecule has 0 heterocycles. The molecule has 1 N–H and O–H groups in total. The van der Waals surface area contributed by atoms with E-state index in [1.54, 1.807) is 12.1 Å². The van der Waals surface area contributed by atoms with E-state index in [-0.39, 0.29) is 6.04 Å². The number of nitrogens with one attached hydrogen (secondary N) is 1. The van der Waals surface area contributed by atoms with Crippen LogP contribution in [0.5, 0.6) is 0 Å². The van der Waals surface area contributed by atoms with Crippen LogP contribution < -0.4 is 4.72 Å². The predicted molar refractivity (Wildman–Crippen MR) is 86.8 cm³/mol. The summed E-state index contributed by atoms with van der Waals surface area (Å²) in [6, 6.07) is 7.40. The first-order chi connectivity index (χ1) is 10.0. The fourth-order valence-electron chi connectivity index (χ4n) is 3.10. The van der Waals surface area contributed by atoms with Crippen molar-refractivity contribution in [3.63, 3.8) is 0 Å². The van der Waals surface area contributed by atoms with Gasteiger partial charge in [-0.3, -0.25) is 0 Å². The monoisotopic (exact) mass is 309 g/mol. The van der Waals surface area contributed by atoms with Crippen LogP contribution >= 0.6 is 0 Å². The van der Waals surface area contributed by atoms with Gasteiger partial charge in [0.15, 0.2) is 0 Å². The van der Waals surface area contributed by atoms with Crippen LogP contribution in [0.2, 0.25) is 0 Å². The minimum atomic E-state index is -3.37. The van der Waals surface area contributed by atoms with E-state index in [2.05, 4.69) is 18.6 Å². The van der Waals surface area contributed by atoms with Gasteiger partial charge in [0.2, 0.25) is 10.0 Å². The molecule has 4 heteroatoms. The molecule has 3 nitrogen and oxygen atoms in total. The van der Waals surface area contributed by atoms with Crippen LogP contribution in [0.4, 0.5) is 0 Å². The molecule has 0 amide bonds. The molecule has 0 unspecified atom stereocenters. The van der Waals surface area contributed by atoms with E-state index in [1.165, 1.54) is 12.0 Å². The fourth-order valence-corrected chi connectivity index (χ4v) is 4.40. The number of sulfonamides is 1. The molecule has 21 heavy (non-hydrogen) atoms. The molecule has 0 radical (unpaired) electrons. The summed E-state index contributed by atoms with van der Waals surface area (Å²) in [6.07, 6.45) is 7.48. The number of aryl methyl sites for hydroxylation is 1. The van der Waals surface area contributed by atoms with Crippen LogP contribution in [0, 0.1) is 5.92 Å². The van der Waals surface area contributed by atoms with E-state index in [0.29, 0.717) is 4.90 Å². The van der Waals surface area contributed by atoms with Gasteiger partial charge in [-0.2, -0.15) is 0 Å². The maximum absolute atomic E-state index is 12.4. The van der Waals surface area contributed by atoms with Crippen LogP contribution in [0.3, 0.4) is 0 Å². The van der Waals surface area contributed by atoms with Crippen molar-refractivity contribution in [2.24, 2.45) is 5.92 Å². The normalized spacial score (nSPS) is 23.1. The molecule has 1 fully saturated rings. The van der Waals surface area contributed by atoms with E-state index in [9.17, 15) is 8.42 Å². The van der Waals surface area contributed by atoms with E-state index >= 15 is 0 Å². The molecule has 1 aliphatic carbocycles. The Morgan fingerprint density at radius 3 is 2.19 bits per heavy atom. The van der Waals surface area contributed by atoms with Gasteiger partial charge in [-0.25, -0.2) is 13.1 Å². The molecule has 0 bridgehead atoms. The van der Waals surface area contributed by atoms with E-state index < -0.39 is 10.0 Å². The SMILES string of the molecule is CCCc1ccc(S(=O)(=O)NC2CCC(CC)CC2)cc1. The highest BCUT2D eigenvalue weighted by molar-refractivity contribution is 7.89. The summed E-state index contributed by atoms with van der Waals surface area (Å²) in [5.74, 6) is 0.777. The molecule has 1 saturated carbocycles. The molecule has 0 spiro atoms. The lowest BCUT2D eigenvalue weighted by Crippen LogP contribution is -2.37. The van der Waals surface area contributed by atoms with Crippen molar-refractivity contribution in [3.8, 4) is 0 Å². The maximum atomic E-state index is 12.4. The van der Waals surface area contributed by atoms with Crippen molar-refractivity contribution in [2.75, 3.05) is 0 Å². The summed E-state index contributed by atoms with van der Waals surface area (Å²) in [4.78, 5) is 0.389. The average molecular weight is 309 g/mol. The largest absolute Gasteiger partial charge is 0.240 e. The van der Waals surface area contributed by atoms with Gasteiger partial charge >= 0.3 is 0 Å². The van der Waals surface area contributed by atoms with Crippen LogP contribution in [0.15, 0.2) is 29.2 Å². The van der Waals surface area contributed by atoms with Crippen molar-refractivity contribution in [1.29, 1.82) is 0 Å². The first-order valence-electron chi connectivity index (χ1n) is 8.16. The van der Waals surface area contributed by atoms with Gasteiger partial charge in [0.1, 0.15) is 0 Å². The first-order valence-corrected chi connectivity index (χ1v) is 9.64. The van der Waals surface area contributed by atoms with Crippen molar-refractivity contribution in [1.82, 2.24) is 4.72 Å². The molecular weight excluding hydrogens is 282 g/mol. The van der Waals surface area contributed by atoms with Gasteiger partial charge < -0.3 is 0 Å². The highest BCUT2D eigenvalue weighted by atomic mass is 32.2. The molecule has 1 aromatic rings. The second-order valence-corrected chi connectivity index (χ2v) is 7.86. The number of hydrogen-bond donors (Lipinski definition) is 1. The standard InChI is InChI=1S/C17H27NO2S/c1-3-5-15-8-12-17(13-9-15)21(19,20)18-16-10-6-14(4-2)7-11-16/h8-9,12-14,16,18H,3-7,10-11H2,1-2H3. The minimum Gasteiger partial charge on any atom is -0.208 e. The zero-order chi connectivity index (χ0) is 15.3. The summed E-state index contributed by atoms with van der Waals surface area (Å²) in [7, 11) is -3.37. The molecule has 1 aromatic carbocycles. The quantitative estimate of drug-likeness (QED) is 0.866. The van der Waals surface area contributed by atoms with Crippen molar-refractivity contribution in [3.05, 3.63) is 29.8 Å². The zero-order valence-electron chi connectivity index (χ0n) is 13.1. The molecule has 0 saturated heterocycles. The van der Waals surface area contributed by atoms with Gasteiger partial charge in [-0.15, -0.1) is 0 Å². The molecule has 118 valence electrons. The lowest BCUT2D eigenvalue weighted by atomic mass is 9.85. The third-order valence-corrected chi connectivity index (χ3v) is 6.05. The topological polar surface area (TPSA) is 46.2 Å². The average Bonchev–Trinajstić information content (AvgIpc) is 2.48. The van der Waals surface area contributed by atoms with Crippen molar-refractivity contribution < 1.29 is 8.42 Å². The summed E-state index contributed by atoms with van der Waals surface area (Å²) >= 11 is 0. The zero-order valence-corrected chi connectivity index (χ0v) is 14.0.